The highest BCUT2D eigenvalue weighted by Gasteiger charge is 2.07. The van der Waals surface area contributed by atoms with E-state index < -0.39 is 6.10 Å². The quantitative estimate of drug-likeness (QED) is 0.754. The third kappa shape index (κ3) is 3.45. The molecule has 2 aromatic carbocycles. The molecule has 2 N–H and O–H groups in total. The minimum Gasteiger partial charge on any atom is -0.387 e. The molecule has 0 spiro atoms. The predicted octanol–water partition coefficient (Wildman–Crippen LogP) is 3.06. The number of nitrogens with one attached hydrogen (secondary N) is 1. The number of aliphatic hydroxyl groups excluding tert-OH is 1. The first-order valence-corrected chi connectivity index (χ1v) is 7.09. The Hall–Kier alpha value is -2.23. The molecule has 0 amide bonds. The van der Waals surface area contributed by atoms with E-state index in [1.165, 1.54) is 5.39 Å². The Morgan fingerprint density at radius 1 is 0.952 bits per heavy atom. The fraction of sp³-hybridized carbons (Fsp3) is 0.167. The summed E-state index contributed by atoms with van der Waals surface area (Å²) in [6.45, 7) is 1.26. The maximum absolute atomic E-state index is 10.3. The van der Waals surface area contributed by atoms with Gasteiger partial charge >= 0.3 is 0 Å². The lowest BCUT2D eigenvalue weighted by molar-refractivity contribution is 0.174. The van der Waals surface area contributed by atoms with Crippen molar-refractivity contribution in [2.45, 2.75) is 12.6 Å². The average Bonchev–Trinajstić information content (AvgIpc) is 2.55. The fourth-order valence-corrected chi connectivity index (χ4v) is 2.39. The Morgan fingerprint density at radius 2 is 1.71 bits per heavy atom. The first kappa shape index (κ1) is 13.7. The van der Waals surface area contributed by atoms with Crippen LogP contribution in [0.5, 0.6) is 0 Å². The van der Waals surface area contributed by atoms with E-state index in [9.17, 15) is 5.11 Å². The van der Waals surface area contributed by atoms with Crippen molar-refractivity contribution in [1.29, 1.82) is 0 Å². The van der Waals surface area contributed by atoms with Crippen LogP contribution in [-0.2, 0) is 6.54 Å². The van der Waals surface area contributed by atoms with Gasteiger partial charge in [-0.1, -0.05) is 36.4 Å². The van der Waals surface area contributed by atoms with Crippen LogP contribution in [0.25, 0.3) is 10.8 Å². The molecule has 3 rings (SSSR count). The highest BCUT2D eigenvalue weighted by molar-refractivity contribution is 5.83. The Labute approximate surface area is 124 Å². The fourth-order valence-electron chi connectivity index (χ4n) is 2.39. The molecule has 0 aliphatic carbocycles. The molecule has 0 saturated heterocycles. The van der Waals surface area contributed by atoms with Gasteiger partial charge in [-0.15, -0.1) is 0 Å². The molecule has 1 heterocycles. The lowest BCUT2D eigenvalue weighted by Crippen LogP contribution is -2.21. The van der Waals surface area contributed by atoms with E-state index in [-0.39, 0.29) is 0 Å². The van der Waals surface area contributed by atoms with Gasteiger partial charge in [-0.25, -0.2) is 0 Å². The van der Waals surface area contributed by atoms with Crippen molar-refractivity contribution in [1.82, 2.24) is 10.3 Å². The standard InChI is InChI=1S/C18H18N2O/c21-18(13-20-12-14-7-9-19-10-8-14)17-6-5-15-3-1-2-4-16(15)11-17/h1-11,18,20-21H,12-13H2. The molecule has 1 aromatic heterocycles. The Kier molecular flexibility index (Phi) is 4.24. The molecule has 3 nitrogen and oxygen atoms in total. The molecule has 0 saturated carbocycles. The van der Waals surface area contributed by atoms with Gasteiger partial charge < -0.3 is 10.4 Å². The van der Waals surface area contributed by atoms with Crippen LogP contribution in [0, 0.1) is 0 Å². The lowest BCUT2D eigenvalue weighted by atomic mass is 10.0. The Balaban J connectivity index is 1.62. The summed E-state index contributed by atoms with van der Waals surface area (Å²) in [7, 11) is 0. The second-order valence-electron chi connectivity index (χ2n) is 5.11. The monoisotopic (exact) mass is 278 g/mol. The zero-order valence-electron chi connectivity index (χ0n) is 11.7. The van der Waals surface area contributed by atoms with Crippen molar-refractivity contribution in [2.24, 2.45) is 0 Å². The molecule has 106 valence electrons. The average molecular weight is 278 g/mol. The molecule has 3 heteroatoms. The van der Waals surface area contributed by atoms with Crippen LogP contribution < -0.4 is 5.32 Å². The van der Waals surface area contributed by atoms with Crippen molar-refractivity contribution in [2.75, 3.05) is 6.54 Å². The largest absolute Gasteiger partial charge is 0.387 e. The van der Waals surface area contributed by atoms with Gasteiger partial charge in [0.2, 0.25) is 0 Å². The van der Waals surface area contributed by atoms with Crippen LogP contribution in [0.3, 0.4) is 0 Å². The summed E-state index contributed by atoms with van der Waals surface area (Å²) in [5, 5.41) is 15.9. The summed E-state index contributed by atoms with van der Waals surface area (Å²) in [6, 6.07) is 18.2. The van der Waals surface area contributed by atoms with E-state index in [0.717, 1.165) is 23.1 Å². The van der Waals surface area contributed by atoms with E-state index in [0.29, 0.717) is 6.54 Å². The summed E-state index contributed by atoms with van der Waals surface area (Å²) < 4.78 is 0. The van der Waals surface area contributed by atoms with Crippen molar-refractivity contribution < 1.29 is 5.11 Å². The second-order valence-corrected chi connectivity index (χ2v) is 5.11. The molecule has 0 aliphatic rings. The van der Waals surface area contributed by atoms with Gasteiger partial charge in [0.15, 0.2) is 0 Å². The van der Waals surface area contributed by atoms with Gasteiger partial charge in [-0.3, -0.25) is 4.98 Å². The number of pyridine rings is 1. The van der Waals surface area contributed by atoms with Gasteiger partial charge in [0, 0.05) is 25.5 Å². The van der Waals surface area contributed by atoms with Gasteiger partial charge in [-0.2, -0.15) is 0 Å². The van der Waals surface area contributed by atoms with Crippen LogP contribution in [-0.4, -0.2) is 16.6 Å². The topological polar surface area (TPSA) is 45.1 Å². The molecular weight excluding hydrogens is 260 g/mol. The highest BCUT2D eigenvalue weighted by atomic mass is 16.3. The predicted molar refractivity (Wildman–Crippen MR) is 84.9 cm³/mol. The molecule has 1 atom stereocenters. The highest BCUT2D eigenvalue weighted by Crippen LogP contribution is 2.20. The summed E-state index contributed by atoms with van der Waals surface area (Å²) in [5.41, 5.74) is 2.10. The van der Waals surface area contributed by atoms with E-state index in [1.54, 1.807) is 12.4 Å². The first-order valence-electron chi connectivity index (χ1n) is 7.09. The number of hydrogen-bond acceptors (Lipinski definition) is 3. The van der Waals surface area contributed by atoms with Crippen LogP contribution in [0.1, 0.15) is 17.2 Å². The maximum atomic E-state index is 10.3. The summed E-state index contributed by atoms with van der Waals surface area (Å²) in [6.07, 6.45) is 3.05. The third-order valence-corrected chi connectivity index (χ3v) is 3.57. The van der Waals surface area contributed by atoms with Crippen LogP contribution in [0.15, 0.2) is 67.0 Å². The van der Waals surface area contributed by atoms with Gasteiger partial charge in [0.25, 0.3) is 0 Å². The number of aliphatic hydroxyl groups is 1. The number of rotatable bonds is 5. The number of aromatic nitrogens is 1. The molecule has 1 unspecified atom stereocenters. The van der Waals surface area contributed by atoms with Crippen LogP contribution in [0.4, 0.5) is 0 Å². The van der Waals surface area contributed by atoms with E-state index in [4.69, 9.17) is 0 Å². The van der Waals surface area contributed by atoms with Crippen LogP contribution >= 0.6 is 0 Å². The summed E-state index contributed by atoms with van der Waals surface area (Å²) >= 11 is 0. The summed E-state index contributed by atoms with van der Waals surface area (Å²) in [5.74, 6) is 0. The van der Waals surface area contributed by atoms with Gasteiger partial charge in [0.1, 0.15) is 0 Å². The normalized spacial score (nSPS) is 12.4. The minimum absolute atomic E-state index is 0.503. The SMILES string of the molecule is OC(CNCc1ccncc1)c1ccc2ccccc2c1. The number of hydrogen-bond donors (Lipinski definition) is 2. The van der Waals surface area contributed by atoms with Crippen molar-refractivity contribution in [3.05, 3.63) is 78.1 Å². The third-order valence-electron chi connectivity index (χ3n) is 3.57. The van der Waals surface area contributed by atoms with E-state index in [2.05, 4.69) is 28.5 Å². The maximum Gasteiger partial charge on any atom is 0.0914 e. The molecular formula is C18H18N2O. The molecule has 0 fully saturated rings. The molecule has 0 aliphatic heterocycles. The van der Waals surface area contributed by atoms with Crippen LogP contribution in [0.2, 0.25) is 0 Å². The Bertz CT molecular complexity index is 712. The van der Waals surface area contributed by atoms with E-state index in [1.807, 2.05) is 36.4 Å². The minimum atomic E-state index is -0.503. The smallest absolute Gasteiger partial charge is 0.0914 e. The first-order chi connectivity index (χ1) is 10.3. The molecule has 3 aromatic rings. The van der Waals surface area contributed by atoms with E-state index >= 15 is 0 Å². The second kappa shape index (κ2) is 6.48. The molecule has 21 heavy (non-hydrogen) atoms. The lowest BCUT2D eigenvalue weighted by Gasteiger charge is -2.13. The van der Waals surface area contributed by atoms with Gasteiger partial charge in [-0.05, 0) is 40.1 Å². The van der Waals surface area contributed by atoms with Crippen molar-refractivity contribution >= 4 is 10.8 Å². The van der Waals surface area contributed by atoms with Gasteiger partial charge in [0.05, 0.1) is 6.10 Å². The Morgan fingerprint density at radius 3 is 2.52 bits per heavy atom. The number of nitrogens with zero attached hydrogens (tertiary/aromatic N) is 1. The number of fused-ring (bicyclic) bond motifs is 1. The molecule has 0 bridgehead atoms. The zero-order chi connectivity index (χ0) is 14.5. The number of benzene rings is 2. The molecule has 0 radical (unpaired) electrons. The summed E-state index contributed by atoms with van der Waals surface area (Å²) in [4.78, 5) is 3.99. The van der Waals surface area contributed by atoms with Crippen molar-refractivity contribution in [3.63, 3.8) is 0 Å². The van der Waals surface area contributed by atoms with Crippen molar-refractivity contribution in [3.8, 4) is 0 Å². The zero-order valence-corrected chi connectivity index (χ0v) is 11.7.